The molecule has 2 amide bonds. The molecule has 0 spiro atoms. The Morgan fingerprint density at radius 1 is 1.07 bits per heavy atom. The van der Waals surface area contributed by atoms with Crippen LogP contribution < -0.4 is 15.4 Å². The minimum absolute atomic E-state index is 0.0637. The first kappa shape index (κ1) is 18.9. The van der Waals surface area contributed by atoms with E-state index in [0.717, 1.165) is 19.4 Å². The monoisotopic (exact) mass is 368 g/mol. The maximum absolute atomic E-state index is 12.7. The molecule has 1 aliphatic rings. The van der Waals surface area contributed by atoms with Crippen LogP contribution in [0.3, 0.4) is 0 Å². The predicted octanol–water partition coefficient (Wildman–Crippen LogP) is 3.25. The van der Waals surface area contributed by atoms with Crippen LogP contribution in [0.25, 0.3) is 0 Å². The van der Waals surface area contributed by atoms with Crippen molar-refractivity contribution in [1.82, 2.24) is 5.32 Å². The molecule has 1 unspecified atom stereocenters. The Morgan fingerprint density at radius 2 is 1.81 bits per heavy atom. The zero-order chi connectivity index (χ0) is 19.1. The number of carbonyl (C=O) groups is 2. The second-order valence-corrected chi connectivity index (χ2v) is 6.27. The Hall–Kier alpha value is -2.86. The highest BCUT2D eigenvalue weighted by Crippen LogP contribution is 2.22. The van der Waals surface area contributed by atoms with Gasteiger partial charge in [0.05, 0.1) is 29.5 Å². The summed E-state index contributed by atoms with van der Waals surface area (Å²) in [6.45, 7) is 3.54. The molecule has 2 N–H and O–H groups in total. The number of carbonyl (C=O) groups excluding carboxylic acids is 2. The number of hydrogen-bond acceptors (Lipinski definition) is 4. The fourth-order valence-corrected chi connectivity index (χ4v) is 3.02. The van der Waals surface area contributed by atoms with E-state index in [-0.39, 0.29) is 17.9 Å². The van der Waals surface area contributed by atoms with Gasteiger partial charge < -0.3 is 20.1 Å². The molecule has 1 heterocycles. The van der Waals surface area contributed by atoms with Crippen molar-refractivity contribution in [1.29, 1.82) is 0 Å². The molecule has 27 heavy (non-hydrogen) atoms. The van der Waals surface area contributed by atoms with E-state index in [4.69, 9.17) is 9.47 Å². The van der Waals surface area contributed by atoms with Gasteiger partial charge in [0, 0.05) is 13.2 Å². The minimum atomic E-state index is -0.321. The van der Waals surface area contributed by atoms with Gasteiger partial charge in [-0.15, -0.1) is 0 Å². The molecular formula is C21H24N2O4. The quantitative estimate of drug-likeness (QED) is 0.787. The number of nitrogens with one attached hydrogen (secondary N) is 2. The SMILES string of the molecule is CCOc1ccccc1C(=O)Nc1ccccc1C(=O)NCC1CCCO1. The molecule has 0 aliphatic carbocycles. The van der Waals surface area contributed by atoms with Crippen molar-refractivity contribution in [3.8, 4) is 5.75 Å². The number of benzene rings is 2. The molecule has 1 aliphatic heterocycles. The van der Waals surface area contributed by atoms with Crippen molar-refractivity contribution in [2.24, 2.45) is 0 Å². The topological polar surface area (TPSA) is 76.7 Å². The van der Waals surface area contributed by atoms with Gasteiger partial charge in [-0.05, 0) is 44.0 Å². The van der Waals surface area contributed by atoms with Gasteiger partial charge in [-0.3, -0.25) is 9.59 Å². The van der Waals surface area contributed by atoms with Crippen molar-refractivity contribution in [2.75, 3.05) is 25.1 Å². The molecule has 1 fully saturated rings. The average Bonchev–Trinajstić information content (AvgIpc) is 3.21. The fourth-order valence-electron chi connectivity index (χ4n) is 3.02. The van der Waals surface area contributed by atoms with Crippen LogP contribution in [-0.2, 0) is 4.74 Å². The summed E-state index contributed by atoms with van der Waals surface area (Å²) in [5.74, 6) is -0.0456. The van der Waals surface area contributed by atoms with Crippen molar-refractivity contribution >= 4 is 17.5 Å². The van der Waals surface area contributed by atoms with Crippen molar-refractivity contribution in [3.05, 3.63) is 59.7 Å². The highest BCUT2D eigenvalue weighted by Gasteiger charge is 2.19. The summed E-state index contributed by atoms with van der Waals surface area (Å²) < 4.78 is 11.0. The largest absolute Gasteiger partial charge is 0.493 e. The predicted molar refractivity (Wildman–Crippen MR) is 103 cm³/mol. The van der Waals surface area contributed by atoms with Gasteiger partial charge in [-0.1, -0.05) is 24.3 Å². The van der Waals surface area contributed by atoms with Crippen molar-refractivity contribution < 1.29 is 19.1 Å². The van der Waals surface area contributed by atoms with E-state index in [1.54, 1.807) is 42.5 Å². The van der Waals surface area contributed by atoms with Crippen LogP contribution in [0.2, 0.25) is 0 Å². The molecule has 0 saturated carbocycles. The Morgan fingerprint density at radius 3 is 2.56 bits per heavy atom. The number of hydrogen-bond donors (Lipinski definition) is 2. The summed E-state index contributed by atoms with van der Waals surface area (Å²) in [6.07, 6.45) is 2.04. The molecule has 142 valence electrons. The Labute approximate surface area is 158 Å². The normalized spacial score (nSPS) is 16.0. The van der Waals surface area contributed by atoms with Gasteiger partial charge in [-0.25, -0.2) is 0 Å². The minimum Gasteiger partial charge on any atom is -0.493 e. The second kappa shape index (κ2) is 9.19. The van der Waals surface area contributed by atoms with Gasteiger partial charge in [-0.2, -0.15) is 0 Å². The molecule has 6 nitrogen and oxygen atoms in total. The molecule has 0 bridgehead atoms. The van der Waals surface area contributed by atoms with E-state index in [2.05, 4.69) is 10.6 Å². The number of anilines is 1. The lowest BCUT2D eigenvalue weighted by molar-refractivity contribution is 0.0858. The zero-order valence-corrected chi connectivity index (χ0v) is 15.4. The number of para-hydroxylation sites is 2. The zero-order valence-electron chi connectivity index (χ0n) is 15.4. The third-order valence-electron chi connectivity index (χ3n) is 4.37. The second-order valence-electron chi connectivity index (χ2n) is 6.27. The summed E-state index contributed by atoms with van der Waals surface area (Å²) in [7, 11) is 0. The van der Waals surface area contributed by atoms with E-state index < -0.39 is 0 Å². The Bertz CT molecular complexity index is 800. The third-order valence-corrected chi connectivity index (χ3v) is 4.37. The number of ether oxygens (including phenoxy) is 2. The van der Waals surface area contributed by atoms with Crippen molar-refractivity contribution in [3.63, 3.8) is 0 Å². The summed E-state index contributed by atoms with van der Waals surface area (Å²) in [6, 6.07) is 14.0. The van der Waals surface area contributed by atoms with E-state index in [1.165, 1.54) is 0 Å². The molecule has 1 saturated heterocycles. The smallest absolute Gasteiger partial charge is 0.259 e. The summed E-state index contributed by atoms with van der Waals surface area (Å²) in [4.78, 5) is 25.3. The first-order chi connectivity index (χ1) is 13.2. The standard InChI is InChI=1S/C21H24N2O4/c1-2-26-19-12-6-4-10-17(19)21(25)23-18-11-5-3-9-16(18)20(24)22-14-15-8-7-13-27-15/h3-6,9-12,15H,2,7-8,13-14H2,1H3,(H,22,24)(H,23,25). The van der Waals surface area contributed by atoms with E-state index in [9.17, 15) is 9.59 Å². The molecule has 2 aromatic rings. The van der Waals surface area contributed by atoms with Crippen LogP contribution in [0, 0.1) is 0 Å². The maximum Gasteiger partial charge on any atom is 0.259 e. The summed E-state index contributed by atoms with van der Waals surface area (Å²) in [5.41, 5.74) is 1.30. The lowest BCUT2D eigenvalue weighted by Crippen LogP contribution is -2.32. The Kier molecular flexibility index (Phi) is 6.44. The molecule has 1 atom stereocenters. The van der Waals surface area contributed by atoms with Gasteiger partial charge in [0.15, 0.2) is 0 Å². The van der Waals surface area contributed by atoms with Crippen LogP contribution in [-0.4, -0.2) is 37.7 Å². The van der Waals surface area contributed by atoms with Crippen LogP contribution >= 0.6 is 0 Å². The maximum atomic E-state index is 12.7. The van der Waals surface area contributed by atoms with Crippen LogP contribution in [0.15, 0.2) is 48.5 Å². The van der Waals surface area contributed by atoms with Gasteiger partial charge in [0.25, 0.3) is 11.8 Å². The first-order valence-corrected chi connectivity index (χ1v) is 9.21. The van der Waals surface area contributed by atoms with Gasteiger partial charge in [0.1, 0.15) is 5.75 Å². The molecule has 0 aromatic heterocycles. The summed E-state index contributed by atoms with van der Waals surface area (Å²) in [5, 5.41) is 5.71. The van der Waals surface area contributed by atoms with Crippen LogP contribution in [0.1, 0.15) is 40.5 Å². The van der Waals surface area contributed by atoms with E-state index >= 15 is 0 Å². The van der Waals surface area contributed by atoms with Gasteiger partial charge in [0.2, 0.25) is 0 Å². The molecule has 0 radical (unpaired) electrons. The lowest BCUT2D eigenvalue weighted by atomic mass is 10.1. The van der Waals surface area contributed by atoms with E-state index in [0.29, 0.717) is 35.7 Å². The van der Waals surface area contributed by atoms with Crippen LogP contribution in [0.5, 0.6) is 5.75 Å². The number of amides is 2. The molecule has 6 heteroatoms. The molecule has 3 rings (SSSR count). The fraction of sp³-hybridized carbons (Fsp3) is 0.333. The Balaban J connectivity index is 1.72. The highest BCUT2D eigenvalue weighted by molar-refractivity contribution is 6.10. The molecule has 2 aromatic carbocycles. The summed E-state index contributed by atoms with van der Waals surface area (Å²) >= 11 is 0. The van der Waals surface area contributed by atoms with E-state index in [1.807, 2.05) is 13.0 Å². The highest BCUT2D eigenvalue weighted by atomic mass is 16.5. The van der Waals surface area contributed by atoms with Gasteiger partial charge >= 0.3 is 0 Å². The average molecular weight is 368 g/mol. The first-order valence-electron chi connectivity index (χ1n) is 9.21. The van der Waals surface area contributed by atoms with Crippen LogP contribution in [0.4, 0.5) is 5.69 Å². The van der Waals surface area contributed by atoms with Crippen molar-refractivity contribution in [2.45, 2.75) is 25.9 Å². The molecular weight excluding hydrogens is 344 g/mol. The number of rotatable bonds is 7. The lowest BCUT2D eigenvalue weighted by Gasteiger charge is -2.14. The third kappa shape index (κ3) is 4.86.